The molecule has 0 spiro atoms. The number of aromatic nitrogens is 3. The maximum Gasteiger partial charge on any atom is 0.337 e. The largest absolute Gasteiger partial charge is 0.473 e. The Morgan fingerprint density at radius 1 is 1.00 bits per heavy atom. The van der Waals surface area contributed by atoms with Crippen molar-refractivity contribution in [1.82, 2.24) is 14.5 Å². The molecule has 0 bridgehead atoms. The summed E-state index contributed by atoms with van der Waals surface area (Å²) >= 11 is 0. The van der Waals surface area contributed by atoms with Crippen LogP contribution in [0.4, 0.5) is 18.9 Å². The summed E-state index contributed by atoms with van der Waals surface area (Å²) in [5.41, 5.74) is 3.34. The van der Waals surface area contributed by atoms with Gasteiger partial charge in [-0.3, -0.25) is 4.39 Å². The number of esters is 1. The van der Waals surface area contributed by atoms with E-state index in [0.717, 1.165) is 18.9 Å². The number of hydrogen-bond acceptors (Lipinski definition) is 5. The second kappa shape index (κ2) is 12.4. The van der Waals surface area contributed by atoms with Crippen LogP contribution in [0, 0.1) is 23.6 Å². The lowest BCUT2D eigenvalue weighted by atomic mass is 10.0. The van der Waals surface area contributed by atoms with E-state index in [2.05, 4.69) is 9.83 Å². The summed E-state index contributed by atoms with van der Waals surface area (Å²) in [4.78, 5) is 24.6. The fourth-order valence-corrected chi connectivity index (χ4v) is 5.33. The minimum Gasteiger partial charge on any atom is -0.473 e. The van der Waals surface area contributed by atoms with Crippen molar-refractivity contribution in [1.29, 1.82) is 0 Å². The number of ether oxygens (including phenoxy) is 2. The maximum atomic E-state index is 15.6. The first-order valence-electron chi connectivity index (χ1n) is 14.5. The van der Waals surface area contributed by atoms with Crippen LogP contribution in [0.1, 0.15) is 46.6 Å². The van der Waals surface area contributed by atoms with Crippen molar-refractivity contribution in [2.24, 2.45) is 5.41 Å². The average molecular weight is 611 g/mol. The van der Waals surface area contributed by atoms with Gasteiger partial charge in [-0.05, 0) is 61.2 Å². The van der Waals surface area contributed by atoms with E-state index in [-0.39, 0.29) is 42.2 Å². The van der Waals surface area contributed by atoms with E-state index < -0.39 is 17.6 Å². The van der Waals surface area contributed by atoms with Crippen LogP contribution < -0.4 is 4.74 Å². The van der Waals surface area contributed by atoms with Crippen molar-refractivity contribution in [3.05, 3.63) is 118 Å². The van der Waals surface area contributed by atoms with Gasteiger partial charge in [-0.15, -0.1) is 0 Å². The molecule has 1 aliphatic carbocycles. The van der Waals surface area contributed by atoms with Gasteiger partial charge in [0.05, 0.1) is 42.6 Å². The van der Waals surface area contributed by atoms with Crippen LogP contribution >= 0.6 is 0 Å². The molecule has 2 aromatic heterocycles. The molecule has 2 heterocycles. The number of halogens is 3. The first-order chi connectivity index (χ1) is 21.8. The van der Waals surface area contributed by atoms with Gasteiger partial charge in [0.15, 0.2) is 5.69 Å². The zero-order chi connectivity index (χ0) is 31.6. The molecule has 0 amide bonds. The van der Waals surface area contributed by atoms with E-state index >= 15 is 4.39 Å². The predicted molar refractivity (Wildman–Crippen MR) is 163 cm³/mol. The van der Waals surface area contributed by atoms with E-state index in [4.69, 9.17) is 21.0 Å². The van der Waals surface area contributed by atoms with Crippen molar-refractivity contribution in [3.8, 4) is 17.1 Å². The summed E-state index contributed by atoms with van der Waals surface area (Å²) in [5, 5.41) is 0. The number of alkyl halides is 1. The molecule has 0 saturated heterocycles. The van der Waals surface area contributed by atoms with Gasteiger partial charge in [0, 0.05) is 35.6 Å². The number of nitrogens with zero attached hydrogens (tertiary/aromatic N) is 4. The monoisotopic (exact) mass is 610 g/mol. The average Bonchev–Trinajstić information content (AvgIpc) is 3.77. The number of fused-ring (bicyclic) bond motifs is 1. The Hall–Kier alpha value is -5.17. The van der Waals surface area contributed by atoms with Crippen LogP contribution in [0.2, 0.25) is 0 Å². The van der Waals surface area contributed by atoms with Crippen LogP contribution in [-0.4, -0.2) is 34.3 Å². The zero-order valence-corrected chi connectivity index (χ0v) is 24.5. The molecule has 3 aromatic carbocycles. The van der Waals surface area contributed by atoms with Crippen molar-refractivity contribution < 1.29 is 27.4 Å². The fraction of sp³-hybridized carbons (Fsp3) is 0.257. The van der Waals surface area contributed by atoms with Crippen LogP contribution in [0.25, 0.3) is 27.1 Å². The third-order valence-electron chi connectivity index (χ3n) is 8.32. The highest BCUT2D eigenvalue weighted by atomic mass is 19.1. The number of rotatable bonds is 11. The van der Waals surface area contributed by atoms with Gasteiger partial charge in [0.2, 0.25) is 5.88 Å². The fourth-order valence-electron chi connectivity index (χ4n) is 5.33. The van der Waals surface area contributed by atoms with Crippen LogP contribution in [0.5, 0.6) is 5.88 Å². The second-order valence-electron chi connectivity index (χ2n) is 11.3. The third-order valence-corrected chi connectivity index (χ3v) is 8.32. The van der Waals surface area contributed by atoms with Crippen molar-refractivity contribution in [2.45, 2.75) is 38.8 Å². The van der Waals surface area contributed by atoms with Crippen molar-refractivity contribution >= 4 is 22.7 Å². The van der Waals surface area contributed by atoms with Gasteiger partial charge in [-0.25, -0.2) is 28.4 Å². The predicted octanol–water partition coefficient (Wildman–Crippen LogP) is 8.02. The normalized spacial score (nSPS) is 13.4. The Balaban J connectivity index is 1.23. The van der Waals surface area contributed by atoms with Crippen molar-refractivity contribution in [2.75, 3.05) is 13.8 Å². The third kappa shape index (κ3) is 6.38. The first kappa shape index (κ1) is 29.9. The number of hydrogen-bond donors (Lipinski definition) is 0. The highest BCUT2D eigenvalue weighted by Crippen LogP contribution is 2.49. The quantitative estimate of drug-likeness (QED) is 0.112. The van der Waals surface area contributed by atoms with Gasteiger partial charge in [-0.1, -0.05) is 30.3 Å². The van der Waals surface area contributed by atoms with E-state index in [0.29, 0.717) is 52.2 Å². The molecule has 0 unspecified atom stereocenters. The van der Waals surface area contributed by atoms with E-state index in [1.165, 1.54) is 25.3 Å². The van der Waals surface area contributed by atoms with Crippen LogP contribution in [0.15, 0.2) is 72.8 Å². The SMILES string of the molecule is [C-]#[N+]c1ccc(COc2cccc(-c3ccc(Cc4nc5ccc(C(=O)OC)cc5n4CCC4(CF)CC4)c(F)c3)n2)c(F)c1. The number of aryl methyl sites for hydroxylation is 1. The molecule has 1 aliphatic rings. The van der Waals surface area contributed by atoms with Gasteiger partial charge in [0.25, 0.3) is 0 Å². The highest BCUT2D eigenvalue weighted by molar-refractivity contribution is 5.93. The topological polar surface area (TPSA) is 70.6 Å². The molecule has 5 aromatic rings. The minimum absolute atomic E-state index is 0.0809. The number of pyridine rings is 1. The Morgan fingerprint density at radius 3 is 2.51 bits per heavy atom. The number of benzene rings is 3. The van der Waals surface area contributed by atoms with Crippen LogP contribution in [0.3, 0.4) is 0 Å². The minimum atomic E-state index is -0.538. The molecule has 0 aliphatic heterocycles. The van der Waals surface area contributed by atoms with E-state index in [1.807, 2.05) is 4.57 Å². The molecule has 0 atom stereocenters. The molecule has 7 nitrogen and oxygen atoms in total. The summed E-state index contributed by atoms with van der Waals surface area (Å²) in [6.45, 7) is 7.03. The second-order valence-corrected chi connectivity index (χ2v) is 11.3. The lowest BCUT2D eigenvalue weighted by Crippen LogP contribution is -2.12. The Morgan fingerprint density at radius 2 is 1.80 bits per heavy atom. The summed E-state index contributed by atoms with van der Waals surface area (Å²) in [5.74, 6) is -0.602. The Bertz CT molecular complexity index is 1950. The number of carbonyl (C=O) groups excluding carboxylic acids is 1. The standard InChI is InChI=1S/C35H29F3N4O3/c1-39-26-10-8-25(28(38)19-26)20-45-33-5-3-4-29(41-33)23-7-6-22(27(37)16-23)18-32-40-30-11-9-24(34(43)44-2)17-31(30)42(32)15-14-35(21-36)12-13-35/h3-11,16-17,19H,12-15,18,20-21H2,2H3. The summed E-state index contributed by atoms with van der Waals surface area (Å²) in [6.07, 6.45) is 2.48. The maximum absolute atomic E-state index is 15.6. The van der Waals surface area contributed by atoms with Gasteiger partial charge >= 0.3 is 5.97 Å². The smallest absolute Gasteiger partial charge is 0.337 e. The number of carbonyl (C=O) groups is 1. The molecular formula is C35H29F3N4O3. The van der Waals surface area contributed by atoms with Gasteiger partial charge in [0.1, 0.15) is 24.1 Å². The molecule has 10 heteroatoms. The number of methoxy groups -OCH3 is 1. The van der Waals surface area contributed by atoms with Crippen molar-refractivity contribution in [3.63, 3.8) is 0 Å². The summed E-state index contributed by atoms with van der Waals surface area (Å²) in [6, 6.07) is 19.2. The molecule has 0 radical (unpaired) electrons. The Labute approximate surface area is 258 Å². The molecule has 45 heavy (non-hydrogen) atoms. The van der Waals surface area contributed by atoms with Gasteiger partial charge in [-0.2, -0.15) is 0 Å². The molecule has 6 rings (SSSR count). The molecule has 0 N–H and O–H groups in total. The molecular weight excluding hydrogens is 581 g/mol. The summed E-state index contributed by atoms with van der Waals surface area (Å²) < 4.78 is 56.0. The lowest BCUT2D eigenvalue weighted by Gasteiger charge is -2.14. The van der Waals surface area contributed by atoms with E-state index in [9.17, 15) is 13.6 Å². The van der Waals surface area contributed by atoms with E-state index in [1.54, 1.807) is 48.5 Å². The molecule has 1 saturated carbocycles. The highest BCUT2D eigenvalue weighted by Gasteiger charge is 2.42. The first-order valence-corrected chi connectivity index (χ1v) is 14.5. The lowest BCUT2D eigenvalue weighted by molar-refractivity contribution is 0.0601. The number of imidazole rings is 1. The Kier molecular flexibility index (Phi) is 8.26. The molecule has 228 valence electrons. The summed E-state index contributed by atoms with van der Waals surface area (Å²) in [7, 11) is 1.32. The molecule has 1 fully saturated rings. The zero-order valence-electron chi connectivity index (χ0n) is 24.5. The van der Waals surface area contributed by atoms with Crippen LogP contribution in [-0.2, 0) is 24.3 Å². The van der Waals surface area contributed by atoms with Gasteiger partial charge < -0.3 is 14.0 Å².